The second kappa shape index (κ2) is 4.93. The van der Waals surface area contributed by atoms with Crippen LogP contribution in [-0.2, 0) is 11.2 Å². The van der Waals surface area contributed by atoms with Gasteiger partial charge in [0.15, 0.2) is 0 Å². The van der Waals surface area contributed by atoms with Crippen molar-refractivity contribution in [3.63, 3.8) is 0 Å². The van der Waals surface area contributed by atoms with Crippen molar-refractivity contribution >= 4 is 0 Å². The van der Waals surface area contributed by atoms with Crippen LogP contribution in [0.4, 0.5) is 4.39 Å². The highest BCUT2D eigenvalue weighted by Gasteiger charge is 2.40. The lowest BCUT2D eigenvalue weighted by Crippen LogP contribution is -2.11. The Hall–Kier alpha value is -1.71. The van der Waals surface area contributed by atoms with Gasteiger partial charge >= 0.3 is 0 Å². The summed E-state index contributed by atoms with van der Waals surface area (Å²) in [5.74, 6) is -0.0316. The molecule has 21 heavy (non-hydrogen) atoms. The predicted octanol–water partition coefficient (Wildman–Crippen LogP) is 3.34. The maximum Gasteiger partial charge on any atom is 0.123 e. The maximum atomic E-state index is 13.7. The predicted molar refractivity (Wildman–Crippen MR) is 77.7 cm³/mol. The molecular weight excluding hydrogens is 267 g/mol. The van der Waals surface area contributed by atoms with Gasteiger partial charge in [-0.25, -0.2) is 4.39 Å². The van der Waals surface area contributed by atoms with E-state index in [0.29, 0.717) is 0 Å². The van der Waals surface area contributed by atoms with Crippen LogP contribution >= 0.6 is 0 Å². The number of rotatable bonds is 1. The molecule has 0 amide bonds. The van der Waals surface area contributed by atoms with Gasteiger partial charge in [0.05, 0.1) is 18.8 Å². The highest BCUT2D eigenvalue weighted by atomic mass is 19.1. The summed E-state index contributed by atoms with van der Waals surface area (Å²) in [6.07, 6.45) is 1.28. The third kappa shape index (κ3) is 2.08. The Morgan fingerprint density at radius 3 is 2.76 bits per heavy atom. The average molecular weight is 284 g/mol. The van der Waals surface area contributed by atoms with Gasteiger partial charge in [0, 0.05) is 5.92 Å². The molecule has 3 heteroatoms. The zero-order chi connectivity index (χ0) is 14.4. The Bertz CT molecular complexity index is 683. The van der Waals surface area contributed by atoms with Crippen molar-refractivity contribution in [2.45, 2.75) is 31.0 Å². The largest absolute Gasteiger partial charge is 0.394 e. The summed E-state index contributed by atoms with van der Waals surface area (Å²) in [5.41, 5.74) is 4.61. The molecule has 2 aromatic carbocycles. The van der Waals surface area contributed by atoms with Gasteiger partial charge in [0.2, 0.25) is 0 Å². The van der Waals surface area contributed by atoms with E-state index >= 15 is 0 Å². The third-order valence-electron chi connectivity index (χ3n) is 4.67. The summed E-state index contributed by atoms with van der Waals surface area (Å²) in [7, 11) is 0. The first-order valence-corrected chi connectivity index (χ1v) is 7.38. The third-order valence-corrected chi connectivity index (χ3v) is 4.67. The van der Waals surface area contributed by atoms with Gasteiger partial charge in [-0.15, -0.1) is 0 Å². The fourth-order valence-electron chi connectivity index (χ4n) is 3.72. The van der Waals surface area contributed by atoms with Crippen molar-refractivity contribution in [1.82, 2.24) is 0 Å². The molecule has 1 aliphatic carbocycles. The van der Waals surface area contributed by atoms with Crippen molar-refractivity contribution in [2.75, 3.05) is 6.61 Å². The minimum atomic E-state index is -0.227. The van der Waals surface area contributed by atoms with E-state index in [9.17, 15) is 9.50 Å². The number of aliphatic hydroxyl groups excluding tert-OH is 1. The standard InChI is InChI=1S/C18H17FO2/c19-13-6-5-12-7-11-3-1-2-4-15(11)17-9-14(10-20)21-18(17)16(12)8-13/h1-6,8,14,17-18,20H,7,9-10H2/t14-,17-,18+/m0/s1. The van der Waals surface area contributed by atoms with E-state index in [1.54, 1.807) is 6.07 Å². The lowest BCUT2D eigenvalue weighted by molar-refractivity contribution is 0.00829. The molecule has 0 bridgehead atoms. The van der Waals surface area contributed by atoms with Gasteiger partial charge in [-0.1, -0.05) is 30.3 Å². The molecule has 2 nitrogen and oxygen atoms in total. The second-order valence-corrected chi connectivity index (χ2v) is 5.92. The summed E-state index contributed by atoms with van der Waals surface area (Å²) in [5, 5.41) is 9.43. The van der Waals surface area contributed by atoms with E-state index in [4.69, 9.17) is 4.74 Å². The normalized spacial score (nSPS) is 26.7. The molecule has 1 saturated heterocycles. The van der Waals surface area contributed by atoms with E-state index < -0.39 is 0 Å². The van der Waals surface area contributed by atoms with Crippen LogP contribution in [-0.4, -0.2) is 17.8 Å². The van der Waals surface area contributed by atoms with E-state index in [0.717, 1.165) is 24.0 Å². The van der Waals surface area contributed by atoms with Crippen LogP contribution in [0, 0.1) is 5.82 Å². The number of ether oxygens (including phenoxy) is 1. The van der Waals surface area contributed by atoms with Crippen molar-refractivity contribution in [3.05, 3.63) is 70.5 Å². The first-order valence-electron chi connectivity index (χ1n) is 7.38. The van der Waals surface area contributed by atoms with E-state index in [1.807, 2.05) is 18.2 Å². The number of aliphatic hydroxyl groups is 1. The average Bonchev–Trinajstić information content (AvgIpc) is 2.89. The zero-order valence-electron chi connectivity index (χ0n) is 11.6. The van der Waals surface area contributed by atoms with Crippen molar-refractivity contribution < 1.29 is 14.2 Å². The molecule has 0 radical (unpaired) electrons. The quantitative estimate of drug-likeness (QED) is 0.870. The topological polar surface area (TPSA) is 29.5 Å². The van der Waals surface area contributed by atoms with Crippen molar-refractivity contribution in [2.24, 2.45) is 0 Å². The molecule has 1 aliphatic heterocycles. The van der Waals surface area contributed by atoms with E-state index in [2.05, 4.69) is 12.1 Å². The van der Waals surface area contributed by atoms with Crippen molar-refractivity contribution in [1.29, 1.82) is 0 Å². The number of hydrogen-bond acceptors (Lipinski definition) is 2. The van der Waals surface area contributed by atoms with E-state index in [1.165, 1.54) is 17.2 Å². The van der Waals surface area contributed by atoms with Crippen LogP contribution in [0.3, 0.4) is 0 Å². The van der Waals surface area contributed by atoms with Crippen molar-refractivity contribution in [3.8, 4) is 0 Å². The molecule has 0 spiro atoms. The number of benzene rings is 2. The van der Waals surface area contributed by atoms with Crippen LogP contribution in [0.5, 0.6) is 0 Å². The lowest BCUT2D eigenvalue weighted by atomic mass is 9.87. The fourth-order valence-corrected chi connectivity index (χ4v) is 3.72. The molecule has 2 aliphatic rings. The first-order chi connectivity index (χ1) is 10.3. The second-order valence-electron chi connectivity index (χ2n) is 5.92. The van der Waals surface area contributed by atoms with Gasteiger partial charge in [0.1, 0.15) is 5.82 Å². The molecule has 4 rings (SSSR count). The van der Waals surface area contributed by atoms with Crippen LogP contribution in [0.15, 0.2) is 42.5 Å². The molecule has 108 valence electrons. The van der Waals surface area contributed by atoms with Crippen LogP contribution in [0.1, 0.15) is 40.7 Å². The molecule has 0 aromatic heterocycles. The number of hydrogen-bond donors (Lipinski definition) is 1. The molecule has 1 heterocycles. The molecule has 1 N–H and O–H groups in total. The Morgan fingerprint density at radius 1 is 1.10 bits per heavy atom. The highest BCUT2D eigenvalue weighted by molar-refractivity contribution is 5.45. The van der Waals surface area contributed by atoms with Gasteiger partial charge in [0.25, 0.3) is 0 Å². The van der Waals surface area contributed by atoms with Gasteiger partial charge < -0.3 is 9.84 Å². The van der Waals surface area contributed by atoms with Crippen LogP contribution < -0.4 is 0 Å². The molecule has 0 saturated carbocycles. The first kappa shape index (κ1) is 13.0. The molecule has 1 fully saturated rings. The fraction of sp³-hybridized carbons (Fsp3) is 0.333. The SMILES string of the molecule is OC[C@@H]1C[C@H]2c3ccccc3Cc3ccc(F)cc3[C@H]2O1. The summed E-state index contributed by atoms with van der Waals surface area (Å²) in [6, 6.07) is 13.3. The molecule has 3 atom stereocenters. The Kier molecular flexibility index (Phi) is 3.05. The molecule has 0 unspecified atom stereocenters. The zero-order valence-corrected chi connectivity index (χ0v) is 11.6. The van der Waals surface area contributed by atoms with Gasteiger partial charge in [-0.2, -0.15) is 0 Å². The number of halogens is 1. The van der Waals surface area contributed by atoms with Crippen LogP contribution in [0.25, 0.3) is 0 Å². The van der Waals surface area contributed by atoms with E-state index in [-0.39, 0.29) is 30.5 Å². The number of fused-ring (bicyclic) bond motifs is 5. The molecular formula is C18H17FO2. The maximum absolute atomic E-state index is 13.7. The monoisotopic (exact) mass is 284 g/mol. The minimum absolute atomic E-state index is 0.0137. The Labute approximate surface area is 123 Å². The lowest BCUT2D eigenvalue weighted by Gasteiger charge is -2.19. The minimum Gasteiger partial charge on any atom is -0.394 e. The van der Waals surface area contributed by atoms with Crippen LogP contribution in [0.2, 0.25) is 0 Å². The Balaban J connectivity index is 1.90. The summed E-state index contributed by atoms with van der Waals surface area (Å²) < 4.78 is 19.7. The summed E-state index contributed by atoms with van der Waals surface area (Å²) in [6.45, 7) is 0.0137. The van der Waals surface area contributed by atoms with Gasteiger partial charge in [-0.05, 0) is 47.2 Å². The summed E-state index contributed by atoms with van der Waals surface area (Å²) >= 11 is 0. The van der Waals surface area contributed by atoms with Gasteiger partial charge in [-0.3, -0.25) is 0 Å². The Morgan fingerprint density at radius 2 is 1.90 bits per heavy atom. The highest BCUT2D eigenvalue weighted by Crippen LogP contribution is 2.49. The summed E-state index contributed by atoms with van der Waals surface area (Å²) in [4.78, 5) is 0. The molecule has 2 aromatic rings. The smallest absolute Gasteiger partial charge is 0.123 e.